The number of halogens is 3. The quantitative estimate of drug-likeness (QED) is 0.0954. The van der Waals surface area contributed by atoms with E-state index in [9.17, 15) is 40.8 Å². The first kappa shape index (κ1) is 42.5. The Kier molecular flexibility index (Phi) is 13.1. The summed E-state index contributed by atoms with van der Waals surface area (Å²) in [7, 11) is -2.42. The molecule has 0 aliphatic carbocycles. The Morgan fingerprint density at radius 3 is 2.15 bits per heavy atom. The summed E-state index contributed by atoms with van der Waals surface area (Å²) in [6.07, 6.45) is -3.77. The second kappa shape index (κ2) is 18.2. The van der Waals surface area contributed by atoms with Crippen LogP contribution in [0.3, 0.4) is 0 Å². The molecule has 24 heteroatoms. The highest BCUT2D eigenvalue weighted by Crippen LogP contribution is 2.39. The van der Waals surface area contributed by atoms with E-state index >= 15 is 0 Å². The SMILES string of the molecule is COc1cnc(OC)n2nc(NS(=O)(=O)c3c(OCCOCCOCCOCCOc4ccc5c(c4)C(=O)N(C4CCC(=O)NC4=O)C5=O)cccc3C(F)(F)F)nc12. The van der Waals surface area contributed by atoms with Crippen LogP contribution in [0.15, 0.2) is 47.5 Å². The van der Waals surface area contributed by atoms with Gasteiger partial charge in [-0.2, -0.15) is 27.7 Å². The van der Waals surface area contributed by atoms with Crippen molar-refractivity contribution in [1.29, 1.82) is 0 Å². The molecule has 2 aromatic carbocycles. The van der Waals surface area contributed by atoms with Gasteiger partial charge in [0, 0.05) is 6.42 Å². The molecule has 0 bridgehead atoms. The number of methoxy groups -OCH3 is 2. The Morgan fingerprint density at radius 1 is 0.847 bits per heavy atom. The molecule has 1 unspecified atom stereocenters. The molecule has 2 aliphatic heterocycles. The van der Waals surface area contributed by atoms with Crippen molar-refractivity contribution < 1.29 is 73.9 Å². The van der Waals surface area contributed by atoms with Crippen molar-refractivity contribution >= 4 is 45.2 Å². The second-order valence-electron chi connectivity index (χ2n) is 12.4. The van der Waals surface area contributed by atoms with Crippen LogP contribution in [0.2, 0.25) is 0 Å². The van der Waals surface area contributed by atoms with Crippen molar-refractivity contribution in [3.63, 3.8) is 0 Å². The molecule has 1 saturated heterocycles. The fourth-order valence-electron chi connectivity index (χ4n) is 5.97. The van der Waals surface area contributed by atoms with Crippen LogP contribution in [0.1, 0.15) is 39.1 Å². The van der Waals surface area contributed by atoms with Crippen LogP contribution in [0.4, 0.5) is 19.1 Å². The number of nitrogens with zero attached hydrogens (tertiary/aromatic N) is 5. The van der Waals surface area contributed by atoms with Crippen molar-refractivity contribution in [3.8, 4) is 23.3 Å². The molecule has 2 N–H and O–H groups in total. The van der Waals surface area contributed by atoms with Crippen LogP contribution in [0, 0.1) is 0 Å². The fourth-order valence-corrected chi connectivity index (χ4v) is 7.26. The first-order valence-corrected chi connectivity index (χ1v) is 19.1. The Bertz CT molecular complexity index is 2300. The first-order chi connectivity index (χ1) is 28.2. The zero-order valence-electron chi connectivity index (χ0n) is 31.3. The molecule has 0 saturated carbocycles. The van der Waals surface area contributed by atoms with Crippen LogP contribution >= 0.6 is 0 Å². The number of benzene rings is 2. The lowest BCUT2D eigenvalue weighted by atomic mass is 10.0. The van der Waals surface area contributed by atoms with E-state index in [1.165, 1.54) is 38.6 Å². The van der Waals surface area contributed by atoms with Crippen molar-refractivity contribution in [2.24, 2.45) is 0 Å². The maximum Gasteiger partial charge on any atom is 0.417 e. The normalized spacial score (nSPS) is 15.7. The molecule has 4 amide bonds. The van der Waals surface area contributed by atoms with Gasteiger partial charge in [0.25, 0.3) is 27.8 Å². The molecule has 316 valence electrons. The first-order valence-electron chi connectivity index (χ1n) is 17.6. The van der Waals surface area contributed by atoms with Crippen LogP contribution in [0.5, 0.6) is 23.3 Å². The van der Waals surface area contributed by atoms with E-state index in [0.717, 1.165) is 21.5 Å². The molecule has 4 aromatic rings. The Balaban J connectivity index is 0.901. The van der Waals surface area contributed by atoms with Gasteiger partial charge >= 0.3 is 12.2 Å². The number of rotatable bonds is 20. The Hall–Kier alpha value is -6.11. The number of ether oxygens (including phenoxy) is 7. The standard InChI is InChI=1S/C35H36F3N7O13S/c1-52-26-19-39-34(53-2)45-29(26)41-33(42-45)43-59(50,51)28-23(35(36,37)38)4-3-5-25(28)58-17-15-56-13-11-54-10-12-55-14-16-57-20-6-7-21-22(18-20)32(49)44(31(21)48)24-8-9-27(46)40-30(24)47/h3-7,18-19,24H,8-17H2,1-2H3,(H,42,43)(H,40,46,47). The Morgan fingerprint density at radius 2 is 1.51 bits per heavy atom. The fraction of sp³-hybridized carbons (Fsp3) is 0.400. The van der Waals surface area contributed by atoms with E-state index < -0.39 is 68.0 Å². The van der Waals surface area contributed by atoms with E-state index in [1.807, 2.05) is 4.72 Å². The molecule has 6 rings (SSSR count). The molecule has 2 aliphatic rings. The number of piperidine rings is 1. The van der Waals surface area contributed by atoms with E-state index in [0.29, 0.717) is 11.8 Å². The van der Waals surface area contributed by atoms with E-state index in [-0.39, 0.29) is 94.2 Å². The highest BCUT2D eigenvalue weighted by molar-refractivity contribution is 7.92. The zero-order valence-corrected chi connectivity index (χ0v) is 32.1. The number of hydrogen-bond acceptors (Lipinski definition) is 16. The van der Waals surface area contributed by atoms with Crippen molar-refractivity contribution in [2.45, 2.75) is 30.0 Å². The molecule has 4 heterocycles. The van der Waals surface area contributed by atoms with Crippen molar-refractivity contribution in [3.05, 3.63) is 59.3 Å². The molecule has 20 nitrogen and oxygen atoms in total. The van der Waals surface area contributed by atoms with Crippen molar-refractivity contribution in [1.82, 2.24) is 29.8 Å². The molecule has 1 atom stereocenters. The summed E-state index contributed by atoms with van der Waals surface area (Å²) in [5.74, 6) is -3.23. The van der Waals surface area contributed by atoms with Gasteiger partial charge in [-0.15, -0.1) is 5.10 Å². The number of fused-ring (bicyclic) bond motifs is 2. The Labute approximate surface area is 332 Å². The van der Waals surface area contributed by atoms with Gasteiger partial charge in [-0.3, -0.25) is 29.4 Å². The number of aromatic nitrogens is 4. The van der Waals surface area contributed by atoms with Gasteiger partial charge in [0.1, 0.15) is 35.7 Å². The predicted molar refractivity (Wildman–Crippen MR) is 193 cm³/mol. The summed E-state index contributed by atoms with van der Waals surface area (Å²) in [5, 5.41) is 6.09. The second-order valence-corrected chi connectivity index (χ2v) is 14.0. The summed E-state index contributed by atoms with van der Waals surface area (Å²) in [6.45, 7) is 0.388. The van der Waals surface area contributed by atoms with Gasteiger partial charge in [-0.25, -0.2) is 13.1 Å². The molecule has 59 heavy (non-hydrogen) atoms. The van der Waals surface area contributed by atoms with Gasteiger partial charge in [-0.05, 0) is 36.8 Å². The monoisotopic (exact) mass is 851 g/mol. The minimum atomic E-state index is -5.08. The summed E-state index contributed by atoms with van der Waals surface area (Å²) in [5.41, 5.74) is -1.29. The van der Waals surface area contributed by atoms with E-state index in [2.05, 4.69) is 20.4 Å². The largest absolute Gasteiger partial charge is 0.491 e. The van der Waals surface area contributed by atoms with E-state index in [4.69, 9.17) is 33.2 Å². The number of imide groups is 2. The molecular formula is C35H36F3N7O13S. The number of sulfonamides is 1. The van der Waals surface area contributed by atoms with Crippen LogP contribution in [-0.2, 0) is 40.0 Å². The third kappa shape index (κ3) is 9.62. The predicted octanol–water partition coefficient (Wildman–Crippen LogP) is 1.87. The van der Waals surface area contributed by atoms with Gasteiger partial charge in [0.2, 0.25) is 17.5 Å². The van der Waals surface area contributed by atoms with Crippen LogP contribution in [0.25, 0.3) is 5.65 Å². The highest BCUT2D eigenvalue weighted by atomic mass is 32.2. The van der Waals surface area contributed by atoms with Crippen LogP contribution in [-0.4, -0.2) is 130 Å². The number of hydrogen-bond donors (Lipinski definition) is 2. The topological polar surface area (TPSA) is 237 Å². The number of anilines is 1. The summed E-state index contributed by atoms with van der Waals surface area (Å²) < 4.78 is 110. The summed E-state index contributed by atoms with van der Waals surface area (Å²) >= 11 is 0. The lowest BCUT2D eigenvalue weighted by Crippen LogP contribution is -2.54. The summed E-state index contributed by atoms with van der Waals surface area (Å²) in [4.78, 5) is 57.2. The highest BCUT2D eigenvalue weighted by Gasteiger charge is 2.45. The smallest absolute Gasteiger partial charge is 0.417 e. The minimum absolute atomic E-state index is 0.0123. The molecule has 0 spiro atoms. The number of amides is 4. The summed E-state index contributed by atoms with van der Waals surface area (Å²) in [6, 6.07) is 5.85. The third-order valence-corrected chi connectivity index (χ3v) is 10.0. The zero-order chi connectivity index (χ0) is 42.3. The minimum Gasteiger partial charge on any atom is -0.491 e. The molecular weight excluding hydrogens is 815 g/mol. The average Bonchev–Trinajstić information content (AvgIpc) is 3.72. The number of carbonyl (C=O) groups is 4. The van der Waals surface area contributed by atoms with Gasteiger partial charge in [0.15, 0.2) is 5.75 Å². The van der Waals surface area contributed by atoms with Gasteiger partial charge in [0.05, 0.1) is 76.7 Å². The lowest BCUT2D eigenvalue weighted by Gasteiger charge is -2.27. The van der Waals surface area contributed by atoms with Crippen LogP contribution < -0.4 is 29.0 Å². The van der Waals surface area contributed by atoms with Crippen molar-refractivity contribution in [2.75, 3.05) is 71.8 Å². The third-order valence-electron chi connectivity index (χ3n) is 8.62. The average molecular weight is 852 g/mol. The maximum absolute atomic E-state index is 14.0. The number of nitrogens with one attached hydrogen (secondary N) is 2. The molecule has 0 radical (unpaired) electrons. The maximum atomic E-state index is 14.0. The molecule has 1 fully saturated rings. The van der Waals surface area contributed by atoms with Gasteiger partial charge in [-0.1, -0.05) is 6.07 Å². The lowest BCUT2D eigenvalue weighted by molar-refractivity contribution is -0.140. The van der Waals surface area contributed by atoms with Gasteiger partial charge < -0.3 is 33.2 Å². The molecule has 2 aromatic heterocycles. The van der Waals surface area contributed by atoms with E-state index in [1.54, 1.807) is 0 Å². The number of carbonyl (C=O) groups excluding carboxylic acids is 4. The number of alkyl halides is 3.